The lowest BCUT2D eigenvalue weighted by molar-refractivity contribution is 0.598. The number of anilines is 1. The molecule has 0 saturated heterocycles. The second-order valence-corrected chi connectivity index (χ2v) is 9.43. The first-order chi connectivity index (χ1) is 16.5. The fraction of sp³-hybridized carbons (Fsp3) is 0.0370. The Kier molecular flexibility index (Phi) is 5.79. The molecule has 0 atom stereocenters. The third-order valence-corrected chi connectivity index (χ3v) is 6.48. The summed E-state index contributed by atoms with van der Waals surface area (Å²) in [6.07, 6.45) is 1.76. The second kappa shape index (κ2) is 9.05. The molecule has 34 heavy (non-hydrogen) atoms. The van der Waals surface area contributed by atoms with Crippen LogP contribution in [0.25, 0.3) is 33.2 Å². The molecule has 6 nitrogen and oxygen atoms in total. The molecule has 5 aromatic rings. The number of primary sulfonamides is 1. The van der Waals surface area contributed by atoms with E-state index in [0.717, 1.165) is 27.6 Å². The van der Waals surface area contributed by atoms with Crippen molar-refractivity contribution in [2.75, 3.05) is 5.32 Å². The highest BCUT2D eigenvalue weighted by Crippen LogP contribution is 2.36. The Morgan fingerprint density at radius 2 is 1.56 bits per heavy atom. The highest BCUT2D eigenvalue weighted by Gasteiger charge is 2.15. The zero-order chi connectivity index (χ0) is 23.5. The highest BCUT2D eigenvalue weighted by atomic mass is 32.2. The Morgan fingerprint density at radius 1 is 0.794 bits per heavy atom. The first-order valence-electron chi connectivity index (χ1n) is 10.8. The van der Waals surface area contributed by atoms with Gasteiger partial charge in [-0.25, -0.2) is 18.5 Å². The van der Waals surface area contributed by atoms with E-state index < -0.39 is 10.0 Å². The van der Waals surface area contributed by atoms with Gasteiger partial charge in [-0.3, -0.25) is 4.98 Å². The van der Waals surface area contributed by atoms with Crippen LogP contribution in [0.15, 0.2) is 108 Å². The molecule has 0 aliphatic carbocycles. The van der Waals surface area contributed by atoms with Gasteiger partial charge in [-0.1, -0.05) is 66.7 Å². The number of pyridine rings is 2. The van der Waals surface area contributed by atoms with Crippen LogP contribution in [0, 0.1) is 0 Å². The Morgan fingerprint density at radius 3 is 2.32 bits per heavy atom. The van der Waals surface area contributed by atoms with Gasteiger partial charge in [0.2, 0.25) is 10.0 Å². The number of sulfonamides is 1. The van der Waals surface area contributed by atoms with Crippen LogP contribution in [0.3, 0.4) is 0 Å². The topological polar surface area (TPSA) is 98.0 Å². The molecule has 0 aliphatic rings. The quantitative estimate of drug-likeness (QED) is 0.357. The molecule has 3 aromatic carbocycles. The molecule has 0 bridgehead atoms. The summed E-state index contributed by atoms with van der Waals surface area (Å²) in [5, 5.41) is 10.8. The average Bonchev–Trinajstić information content (AvgIpc) is 2.87. The molecule has 3 N–H and O–H groups in total. The van der Waals surface area contributed by atoms with E-state index in [1.807, 2.05) is 60.7 Å². The summed E-state index contributed by atoms with van der Waals surface area (Å²) in [4.78, 5) is 9.37. The van der Waals surface area contributed by atoms with Crippen LogP contribution in [-0.4, -0.2) is 18.4 Å². The van der Waals surface area contributed by atoms with Gasteiger partial charge in [-0.05, 0) is 46.8 Å². The number of hydrogen-bond donors (Lipinski definition) is 2. The molecule has 0 aliphatic heterocycles. The molecule has 168 valence electrons. The highest BCUT2D eigenvalue weighted by molar-refractivity contribution is 7.89. The van der Waals surface area contributed by atoms with Gasteiger partial charge in [0.15, 0.2) is 0 Å². The number of rotatable bonds is 6. The summed E-state index contributed by atoms with van der Waals surface area (Å²) in [6, 6.07) is 30.5. The van der Waals surface area contributed by atoms with Gasteiger partial charge in [-0.2, -0.15) is 0 Å². The van der Waals surface area contributed by atoms with Gasteiger partial charge >= 0.3 is 0 Å². The normalized spacial score (nSPS) is 11.4. The standard InChI is InChI=1S/C27H22N4O2S/c28-34(32,33)23-13-6-10-20(16-23)25-17-21-11-7-14-24(19-8-2-1-3-9-19)26(21)27(31-25)30-18-22-12-4-5-15-29-22/h1-17H,18H2,(H,30,31)(H2,28,32,33). The van der Waals surface area contributed by atoms with Crippen molar-refractivity contribution in [2.24, 2.45) is 5.14 Å². The fourth-order valence-corrected chi connectivity index (χ4v) is 4.51. The minimum Gasteiger partial charge on any atom is -0.364 e. The zero-order valence-corrected chi connectivity index (χ0v) is 19.0. The first-order valence-corrected chi connectivity index (χ1v) is 12.3. The maximum Gasteiger partial charge on any atom is 0.238 e. The van der Waals surface area contributed by atoms with Crippen LogP contribution < -0.4 is 10.5 Å². The molecule has 7 heteroatoms. The summed E-state index contributed by atoms with van der Waals surface area (Å²) in [7, 11) is -3.83. The number of aromatic nitrogens is 2. The Hall–Kier alpha value is -4.07. The van der Waals surface area contributed by atoms with Crippen LogP contribution in [0.1, 0.15) is 5.69 Å². The largest absolute Gasteiger partial charge is 0.364 e. The maximum atomic E-state index is 11.9. The van der Waals surface area contributed by atoms with Crippen molar-refractivity contribution < 1.29 is 8.42 Å². The molecule has 0 fully saturated rings. The second-order valence-electron chi connectivity index (χ2n) is 7.87. The lowest BCUT2D eigenvalue weighted by atomic mass is 9.97. The Labute approximate surface area is 198 Å². The van der Waals surface area contributed by atoms with Crippen LogP contribution >= 0.6 is 0 Å². The van der Waals surface area contributed by atoms with Gasteiger partial charge in [0.05, 0.1) is 22.8 Å². The van der Waals surface area contributed by atoms with Crippen molar-refractivity contribution in [2.45, 2.75) is 11.4 Å². The minimum atomic E-state index is -3.83. The van der Waals surface area contributed by atoms with Crippen molar-refractivity contribution in [1.29, 1.82) is 0 Å². The van der Waals surface area contributed by atoms with Crippen LogP contribution in [-0.2, 0) is 16.6 Å². The van der Waals surface area contributed by atoms with Crippen LogP contribution in [0.2, 0.25) is 0 Å². The van der Waals surface area contributed by atoms with Crippen LogP contribution in [0.5, 0.6) is 0 Å². The predicted molar refractivity (Wildman–Crippen MR) is 136 cm³/mol. The summed E-state index contributed by atoms with van der Waals surface area (Å²) < 4.78 is 23.8. The van der Waals surface area contributed by atoms with E-state index >= 15 is 0 Å². The van der Waals surface area contributed by atoms with Crippen molar-refractivity contribution >= 4 is 26.6 Å². The van der Waals surface area contributed by atoms with Gasteiger partial charge < -0.3 is 5.32 Å². The summed E-state index contributed by atoms with van der Waals surface area (Å²) >= 11 is 0. The van der Waals surface area contributed by atoms with E-state index in [1.165, 1.54) is 6.07 Å². The Balaban J connectivity index is 1.69. The summed E-state index contributed by atoms with van der Waals surface area (Å²) in [5.41, 5.74) is 4.33. The Bertz CT molecular complexity index is 1570. The third kappa shape index (κ3) is 4.52. The van der Waals surface area contributed by atoms with Crippen LogP contribution in [0.4, 0.5) is 5.82 Å². The number of hydrogen-bond acceptors (Lipinski definition) is 5. The minimum absolute atomic E-state index is 0.0490. The van der Waals surface area contributed by atoms with E-state index in [2.05, 4.69) is 28.5 Å². The van der Waals surface area contributed by atoms with Gasteiger partial charge in [0.1, 0.15) is 5.82 Å². The van der Waals surface area contributed by atoms with Gasteiger partial charge in [-0.15, -0.1) is 0 Å². The SMILES string of the molecule is NS(=O)(=O)c1cccc(-c2cc3cccc(-c4ccccc4)c3c(NCc3ccccn3)n2)c1. The predicted octanol–water partition coefficient (Wildman–Crippen LogP) is 5.22. The molecular formula is C27H22N4O2S. The van der Waals surface area contributed by atoms with E-state index in [1.54, 1.807) is 18.3 Å². The number of nitrogens with one attached hydrogen (secondary N) is 1. The molecule has 2 heterocycles. The molecule has 0 amide bonds. The van der Waals surface area contributed by atoms with E-state index in [9.17, 15) is 8.42 Å². The number of nitrogens with two attached hydrogens (primary N) is 1. The third-order valence-electron chi connectivity index (χ3n) is 5.56. The monoisotopic (exact) mass is 466 g/mol. The molecule has 0 unspecified atom stereocenters. The fourth-order valence-electron chi connectivity index (χ4n) is 3.95. The molecular weight excluding hydrogens is 444 g/mol. The van der Waals surface area contributed by atoms with Crippen molar-refractivity contribution in [3.05, 3.63) is 109 Å². The van der Waals surface area contributed by atoms with Crippen molar-refractivity contribution in [3.8, 4) is 22.4 Å². The van der Waals surface area contributed by atoms with Crippen molar-refractivity contribution in [3.63, 3.8) is 0 Å². The zero-order valence-electron chi connectivity index (χ0n) is 18.2. The number of fused-ring (bicyclic) bond motifs is 1. The number of nitrogens with zero attached hydrogens (tertiary/aromatic N) is 2. The van der Waals surface area contributed by atoms with E-state index in [-0.39, 0.29) is 4.90 Å². The molecule has 0 radical (unpaired) electrons. The molecule has 0 saturated carbocycles. The molecule has 5 rings (SSSR count). The number of benzene rings is 3. The lowest BCUT2D eigenvalue weighted by Crippen LogP contribution is -2.12. The lowest BCUT2D eigenvalue weighted by Gasteiger charge is -2.15. The van der Waals surface area contributed by atoms with Gasteiger partial charge in [0, 0.05) is 17.1 Å². The smallest absolute Gasteiger partial charge is 0.238 e. The van der Waals surface area contributed by atoms with Crippen molar-refractivity contribution in [1.82, 2.24) is 9.97 Å². The maximum absolute atomic E-state index is 11.9. The summed E-state index contributed by atoms with van der Waals surface area (Å²) in [6.45, 7) is 0.493. The molecule has 0 spiro atoms. The van der Waals surface area contributed by atoms with E-state index in [0.29, 0.717) is 23.6 Å². The first kappa shape index (κ1) is 21.8. The average molecular weight is 467 g/mol. The van der Waals surface area contributed by atoms with E-state index in [4.69, 9.17) is 10.1 Å². The molecule has 2 aromatic heterocycles. The summed E-state index contributed by atoms with van der Waals surface area (Å²) in [5.74, 6) is 0.693. The van der Waals surface area contributed by atoms with Gasteiger partial charge in [0.25, 0.3) is 0 Å².